The lowest BCUT2D eigenvalue weighted by Gasteiger charge is -2.14. The van der Waals surface area contributed by atoms with Crippen molar-refractivity contribution in [2.75, 3.05) is 0 Å². The van der Waals surface area contributed by atoms with E-state index < -0.39 is 0 Å². The van der Waals surface area contributed by atoms with Gasteiger partial charge in [-0.1, -0.05) is 39.0 Å². The van der Waals surface area contributed by atoms with Gasteiger partial charge in [0.25, 0.3) is 0 Å². The molecule has 15 heavy (non-hydrogen) atoms. The molecule has 0 radical (unpaired) electrons. The topological polar surface area (TPSA) is 23.8 Å². The Balaban J connectivity index is 3.16. The van der Waals surface area contributed by atoms with Gasteiger partial charge in [-0.05, 0) is 36.0 Å². The summed E-state index contributed by atoms with van der Waals surface area (Å²) in [5, 5.41) is 9.08. The van der Waals surface area contributed by atoms with E-state index in [4.69, 9.17) is 5.26 Å². The second kappa shape index (κ2) is 4.98. The Labute approximate surface area is 92.7 Å². The molecule has 0 fully saturated rings. The van der Waals surface area contributed by atoms with Gasteiger partial charge in [0, 0.05) is 0 Å². The highest BCUT2D eigenvalue weighted by Crippen LogP contribution is 2.26. The highest BCUT2D eigenvalue weighted by Gasteiger charge is 2.12. The van der Waals surface area contributed by atoms with Crippen molar-refractivity contribution in [1.29, 1.82) is 5.26 Å². The number of nitrogens with zero attached hydrogens (tertiary/aromatic N) is 1. The summed E-state index contributed by atoms with van der Waals surface area (Å²) in [4.78, 5) is 0. The summed E-state index contributed by atoms with van der Waals surface area (Å²) in [5.41, 5.74) is 3.75. The van der Waals surface area contributed by atoms with E-state index in [0.29, 0.717) is 5.92 Å². The average molecular weight is 201 g/mol. The first-order valence-electron chi connectivity index (χ1n) is 5.60. The SMILES string of the molecule is CCC(C#N)c1cc(C(C)C)ccc1C. The predicted molar refractivity (Wildman–Crippen MR) is 63.9 cm³/mol. The standard InChI is InChI=1S/C14H19N/c1-5-12(9-15)14-8-13(10(2)3)7-6-11(14)4/h6-8,10,12H,5H2,1-4H3. The van der Waals surface area contributed by atoms with Crippen molar-refractivity contribution < 1.29 is 0 Å². The molecule has 0 saturated heterocycles. The Hall–Kier alpha value is -1.29. The van der Waals surface area contributed by atoms with Gasteiger partial charge in [-0.15, -0.1) is 0 Å². The van der Waals surface area contributed by atoms with Crippen LogP contribution < -0.4 is 0 Å². The summed E-state index contributed by atoms with van der Waals surface area (Å²) in [5.74, 6) is 0.573. The van der Waals surface area contributed by atoms with Crippen molar-refractivity contribution in [2.45, 2.75) is 46.0 Å². The molecule has 80 valence electrons. The average Bonchev–Trinajstić information content (AvgIpc) is 2.22. The second-order valence-corrected chi connectivity index (χ2v) is 4.36. The molecule has 1 rings (SSSR count). The molecule has 0 heterocycles. The van der Waals surface area contributed by atoms with Gasteiger partial charge in [0.2, 0.25) is 0 Å². The molecule has 1 aromatic carbocycles. The lowest BCUT2D eigenvalue weighted by Crippen LogP contribution is -1.99. The minimum atomic E-state index is 0.0451. The van der Waals surface area contributed by atoms with E-state index in [-0.39, 0.29) is 5.92 Å². The Morgan fingerprint density at radius 1 is 1.33 bits per heavy atom. The van der Waals surface area contributed by atoms with Crippen LogP contribution in [0.15, 0.2) is 18.2 Å². The molecule has 0 aliphatic carbocycles. The lowest BCUT2D eigenvalue weighted by atomic mass is 9.90. The maximum Gasteiger partial charge on any atom is 0.0712 e. The molecule has 0 aromatic heterocycles. The van der Waals surface area contributed by atoms with Gasteiger partial charge in [-0.25, -0.2) is 0 Å². The highest BCUT2D eigenvalue weighted by molar-refractivity contribution is 5.37. The van der Waals surface area contributed by atoms with Crippen LogP contribution in [0.25, 0.3) is 0 Å². The molecule has 0 spiro atoms. The van der Waals surface area contributed by atoms with Crippen molar-refractivity contribution >= 4 is 0 Å². The van der Waals surface area contributed by atoms with Crippen LogP contribution >= 0.6 is 0 Å². The molecule has 0 bridgehead atoms. The third-order valence-corrected chi connectivity index (χ3v) is 2.91. The van der Waals surface area contributed by atoms with E-state index in [1.807, 2.05) is 0 Å². The van der Waals surface area contributed by atoms with Crippen LogP contribution in [0, 0.1) is 18.3 Å². The van der Waals surface area contributed by atoms with Gasteiger partial charge in [0.15, 0.2) is 0 Å². The molecule has 1 heteroatoms. The smallest absolute Gasteiger partial charge is 0.0712 e. The monoisotopic (exact) mass is 201 g/mol. The Kier molecular flexibility index (Phi) is 3.91. The van der Waals surface area contributed by atoms with Crippen molar-refractivity contribution in [3.63, 3.8) is 0 Å². The Morgan fingerprint density at radius 3 is 2.47 bits per heavy atom. The summed E-state index contributed by atoms with van der Waals surface area (Å²) < 4.78 is 0. The van der Waals surface area contributed by atoms with E-state index in [1.165, 1.54) is 16.7 Å². The Morgan fingerprint density at radius 2 is 2.00 bits per heavy atom. The van der Waals surface area contributed by atoms with Gasteiger partial charge in [0.05, 0.1) is 12.0 Å². The normalized spacial score (nSPS) is 12.5. The van der Waals surface area contributed by atoms with Crippen LogP contribution in [-0.2, 0) is 0 Å². The van der Waals surface area contributed by atoms with Crippen molar-refractivity contribution in [3.05, 3.63) is 34.9 Å². The number of hydrogen-bond donors (Lipinski definition) is 0. The largest absolute Gasteiger partial charge is 0.198 e. The molecule has 0 aliphatic rings. The molecule has 1 nitrogen and oxygen atoms in total. The first-order valence-corrected chi connectivity index (χ1v) is 5.60. The van der Waals surface area contributed by atoms with Crippen LogP contribution in [0.1, 0.15) is 55.7 Å². The summed E-state index contributed by atoms with van der Waals surface area (Å²) >= 11 is 0. The van der Waals surface area contributed by atoms with Gasteiger partial charge >= 0.3 is 0 Å². The van der Waals surface area contributed by atoms with Gasteiger partial charge in [0.1, 0.15) is 0 Å². The van der Waals surface area contributed by atoms with Crippen molar-refractivity contribution in [2.24, 2.45) is 0 Å². The number of rotatable bonds is 3. The zero-order chi connectivity index (χ0) is 11.4. The van der Waals surface area contributed by atoms with Gasteiger partial charge in [-0.2, -0.15) is 5.26 Å². The fraction of sp³-hybridized carbons (Fsp3) is 0.500. The summed E-state index contributed by atoms with van der Waals surface area (Å²) in [6.07, 6.45) is 0.888. The number of nitriles is 1. The third-order valence-electron chi connectivity index (χ3n) is 2.91. The zero-order valence-electron chi connectivity index (χ0n) is 10.0. The van der Waals surface area contributed by atoms with Crippen molar-refractivity contribution in [3.8, 4) is 6.07 Å². The quantitative estimate of drug-likeness (QED) is 0.721. The van der Waals surface area contributed by atoms with Crippen LogP contribution in [0.5, 0.6) is 0 Å². The minimum Gasteiger partial charge on any atom is -0.198 e. The summed E-state index contributed by atoms with van der Waals surface area (Å²) in [6, 6.07) is 8.86. The molecule has 0 amide bonds. The summed E-state index contributed by atoms with van der Waals surface area (Å²) in [6.45, 7) is 8.51. The number of hydrogen-bond acceptors (Lipinski definition) is 1. The fourth-order valence-corrected chi connectivity index (χ4v) is 1.77. The van der Waals surface area contributed by atoms with E-state index in [2.05, 4.69) is 52.0 Å². The summed E-state index contributed by atoms with van der Waals surface area (Å²) in [7, 11) is 0. The number of benzene rings is 1. The Bertz CT molecular complexity index is 371. The van der Waals surface area contributed by atoms with Crippen LogP contribution in [0.2, 0.25) is 0 Å². The second-order valence-electron chi connectivity index (χ2n) is 4.36. The van der Waals surface area contributed by atoms with E-state index in [9.17, 15) is 0 Å². The maximum absolute atomic E-state index is 9.08. The molecule has 0 saturated carbocycles. The highest BCUT2D eigenvalue weighted by atomic mass is 14.3. The van der Waals surface area contributed by atoms with Gasteiger partial charge in [-0.3, -0.25) is 0 Å². The van der Waals surface area contributed by atoms with E-state index in [0.717, 1.165) is 6.42 Å². The maximum atomic E-state index is 9.08. The fourth-order valence-electron chi connectivity index (χ4n) is 1.77. The van der Waals surface area contributed by atoms with E-state index in [1.54, 1.807) is 0 Å². The number of aryl methyl sites for hydroxylation is 1. The predicted octanol–water partition coefficient (Wildman–Crippen LogP) is 4.14. The van der Waals surface area contributed by atoms with Crippen molar-refractivity contribution in [1.82, 2.24) is 0 Å². The van der Waals surface area contributed by atoms with Crippen LogP contribution in [-0.4, -0.2) is 0 Å². The zero-order valence-corrected chi connectivity index (χ0v) is 10.0. The van der Waals surface area contributed by atoms with Crippen LogP contribution in [0.3, 0.4) is 0 Å². The molecular formula is C14H19N. The first-order chi connectivity index (χ1) is 7.10. The lowest BCUT2D eigenvalue weighted by molar-refractivity contribution is 0.799. The molecular weight excluding hydrogens is 182 g/mol. The molecule has 1 atom stereocenters. The first kappa shape index (κ1) is 11.8. The minimum absolute atomic E-state index is 0.0451. The molecule has 1 unspecified atom stereocenters. The third kappa shape index (κ3) is 2.59. The van der Waals surface area contributed by atoms with Gasteiger partial charge < -0.3 is 0 Å². The molecule has 1 aromatic rings. The van der Waals surface area contributed by atoms with Crippen LogP contribution in [0.4, 0.5) is 0 Å². The molecule has 0 aliphatic heterocycles. The molecule has 0 N–H and O–H groups in total. The van der Waals surface area contributed by atoms with E-state index >= 15 is 0 Å².